The molecule has 0 spiro atoms. The average Bonchev–Trinajstić information content (AvgIpc) is 2.99. The van der Waals surface area contributed by atoms with Crippen molar-refractivity contribution in [3.8, 4) is 5.75 Å². The van der Waals surface area contributed by atoms with Crippen LogP contribution < -0.4 is 4.74 Å². The van der Waals surface area contributed by atoms with E-state index in [0.717, 1.165) is 0 Å². The number of ether oxygens (including phenoxy) is 1. The number of hydrogen-bond donors (Lipinski definition) is 0. The van der Waals surface area contributed by atoms with Crippen molar-refractivity contribution >= 4 is 21.4 Å². The highest BCUT2D eigenvalue weighted by Gasteiger charge is 2.37. The molecule has 24 heavy (non-hydrogen) atoms. The second-order valence-electron chi connectivity index (χ2n) is 4.92. The van der Waals surface area contributed by atoms with Crippen LogP contribution in [0.4, 0.5) is 13.2 Å². The van der Waals surface area contributed by atoms with Gasteiger partial charge >= 0.3 is 6.18 Å². The Bertz CT molecular complexity index is 741. The fourth-order valence-corrected chi connectivity index (χ4v) is 4.11. The van der Waals surface area contributed by atoms with Gasteiger partial charge in [-0.15, -0.1) is 0 Å². The Balaban J connectivity index is 2.31. The highest BCUT2D eigenvalue weighted by molar-refractivity contribution is 7.89. The maximum Gasteiger partial charge on any atom is 0.402 e. The van der Waals surface area contributed by atoms with E-state index >= 15 is 0 Å². The fourth-order valence-electron chi connectivity index (χ4n) is 2.04. The lowest BCUT2D eigenvalue weighted by atomic mass is 10.3. The highest BCUT2D eigenvalue weighted by atomic mass is 32.2. The van der Waals surface area contributed by atoms with Gasteiger partial charge in [0.2, 0.25) is 10.0 Å². The Hall–Kier alpha value is -1.58. The normalized spacial score (nSPS) is 12.5. The van der Waals surface area contributed by atoms with E-state index in [-0.39, 0.29) is 11.4 Å². The summed E-state index contributed by atoms with van der Waals surface area (Å²) in [7, 11) is -4.28. The number of thiophene rings is 1. The lowest BCUT2D eigenvalue weighted by Gasteiger charge is -2.23. The van der Waals surface area contributed by atoms with Crippen LogP contribution in [-0.2, 0) is 16.6 Å². The minimum absolute atomic E-state index is 0.203. The average molecular weight is 379 g/mol. The first-order chi connectivity index (χ1) is 11.2. The summed E-state index contributed by atoms with van der Waals surface area (Å²) in [5, 5.41) is 3.31. The molecule has 1 aromatic heterocycles. The zero-order chi connectivity index (χ0) is 17.8. The molecule has 0 amide bonds. The van der Waals surface area contributed by atoms with Crippen LogP contribution in [0.3, 0.4) is 0 Å². The molecule has 0 bridgehead atoms. The second-order valence-corrected chi connectivity index (χ2v) is 7.64. The first-order valence-electron chi connectivity index (χ1n) is 7.03. The van der Waals surface area contributed by atoms with E-state index in [1.165, 1.54) is 35.6 Å². The van der Waals surface area contributed by atoms with Crippen LogP contribution in [0.15, 0.2) is 46.0 Å². The minimum atomic E-state index is -4.63. The van der Waals surface area contributed by atoms with Gasteiger partial charge in [-0.25, -0.2) is 8.42 Å². The molecule has 0 saturated heterocycles. The van der Waals surface area contributed by atoms with E-state index in [1.807, 2.05) is 0 Å². The lowest BCUT2D eigenvalue weighted by Crippen LogP contribution is -2.38. The van der Waals surface area contributed by atoms with Crippen molar-refractivity contribution in [2.24, 2.45) is 0 Å². The molecule has 0 unspecified atom stereocenters. The van der Waals surface area contributed by atoms with E-state index < -0.39 is 22.7 Å². The van der Waals surface area contributed by atoms with Crippen molar-refractivity contribution in [2.75, 3.05) is 13.2 Å². The quantitative estimate of drug-likeness (QED) is 0.733. The third kappa shape index (κ3) is 4.96. The molecule has 132 valence electrons. The molecule has 1 heterocycles. The maximum absolute atomic E-state index is 12.8. The Kier molecular flexibility index (Phi) is 5.89. The van der Waals surface area contributed by atoms with Crippen LogP contribution in [0.5, 0.6) is 5.75 Å². The summed E-state index contributed by atoms with van der Waals surface area (Å²) in [5.74, 6) is 0.455. The van der Waals surface area contributed by atoms with Crippen molar-refractivity contribution < 1.29 is 26.3 Å². The molecule has 0 atom stereocenters. The van der Waals surface area contributed by atoms with Crippen molar-refractivity contribution in [3.63, 3.8) is 0 Å². The lowest BCUT2D eigenvalue weighted by molar-refractivity contribution is -0.136. The molecule has 0 saturated carbocycles. The van der Waals surface area contributed by atoms with E-state index in [9.17, 15) is 21.6 Å². The molecular weight excluding hydrogens is 363 g/mol. The summed E-state index contributed by atoms with van der Waals surface area (Å²) in [6, 6.07) is 6.94. The van der Waals surface area contributed by atoms with Crippen LogP contribution in [0.2, 0.25) is 0 Å². The van der Waals surface area contributed by atoms with Crippen LogP contribution in [0.1, 0.15) is 12.5 Å². The zero-order valence-electron chi connectivity index (χ0n) is 12.8. The summed E-state index contributed by atoms with van der Waals surface area (Å²) in [6.07, 6.45) is -4.63. The number of rotatable bonds is 7. The number of hydrogen-bond acceptors (Lipinski definition) is 4. The third-order valence-electron chi connectivity index (χ3n) is 3.07. The smallest absolute Gasteiger partial charge is 0.402 e. The molecule has 0 radical (unpaired) electrons. The summed E-state index contributed by atoms with van der Waals surface area (Å²) >= 11 is 1.29. The number of benzene rings is 1. The molecule has 0 aliphatic heterocycles. The topological polar surface area (TPSA) is 46.6 Å². The number of sulfonamides is 1. The first-order valence-corrected chi connectivity index (χ1v) is 9.41. The molecule has 0 fully saturated rings. The summed E-state index contributed by atoms with van der Waals surface area (Å²) in [4.78, 5) is -0.203. The number of alkyl halides is 3. The van der Waals surface area contributed by atoms with Gasteiger partial charge < -0.3 is 4.74 Å². The van der Waals surface area contributed by atoms with Gasteiger partial charge in [-0.3, -0.25) is 0 Å². The summed E-state index contributed by atoms with van der Waals surface area (Å²) in [6.45, 7) is 0.304. The largest absolute Gasteiger partial charge is 0.494 e. The molecule has 2 aromatic rings. The van der Waals surface area contributed by atoms with Crippen LogP contribution in [-0.4, -0.2) is 32.1 Å². The van der Waals surface area contributed by atoms with Crippen molar-refractivity contribution in [1.82, 2.24) is 4.31 Å². The molecule has 4 nitrogen and oxygen atoms in total. The molecular formula is C15H16F3NO3S2. The Morgan fingerprint density at radius 2 is 1.83 bits per heavy atom. The van der Waals surface area contributed by atoms with Gasteiger partial charge in [-0.2, -0.15) is 28.8 Å². The standard InChI is InChI=1S/C15H16F3NO3S2/c1-2-22-13-3-5-14(6-4-13)24(20,21)19(11-15(16,17)18)9-12-7-8-23-10-12/h3-8,10H,2,9,11H2,1H3. The summed E-state index contributed by atoms with van der Waals surface area (Å²) in [5.41, 5.74) is 0.513. The molecule has 0 aliphatic rings. The Labute approximate surface area is 142 Å². The van der Waals surface area contributed by atoms with Crippen LogP contribution in [0, 0.1) is 0 Å². The zero-order valence-corrected chi connectivity index (χ0v) is 14.4. The van der Waals surface area contributed by atoms with Crippen molar-refractivity contribution in [3.05, 3.63) is 46.7 Å². The van der Waals surface area contributed by atoms with Crippen molar-refractivity contribution in [2.45, 2.75) is 24.5 Å². The van der Waals surface area contributed by atoms with Gasteiger partial charge in [0.15, 0.2) is 0 Å². The monoisotopic (exact) mass is 379 g/mol. The molecule has 2 rings (SSSR count). The minimum Gasteiger partial charge on any atom is -0.494 e. The third-order valence-corrected chi connectivity index (χ3v) is 5.61. The van der Waals surface area contributed by atoms with Gasteiger partial charge in [0, 0.05) is 6.54 Å². The number of halogens is 3. The van der Waals surface area contributed by atoms with Crippen LogP contribution >= 0.6 is 11.3 Å². The van der Waals surface area contributed by atoms with E-state index in [0.29, 0.717) is 22.2 Å². The Morgan fingerprint density at radius 1 is 1.17 bits per heavy atom. The first kappa shape index (κ1) is 18.8. The van der Waals surface area contributed by atoms with Crippen LogP contribution in [0.25, 0.3) is 0 Å². The van der Waals surface area contributed by atoms with E-state index in [2.05, 4.69) is 0 Å². The van der Waals surface area contributed by atoms with Gasteiger partial charge in [-0.1, -0.05) is 0 Å². The molecule has 1 aromatic carbocycles. The SMILES string of the molecule is CCOc1ccc(S(=O)(=O)N(Cc2ccsc2)CC(F)(F)F)cc1. The van der Waals surface area contributed by atoms with Gasteiger partial charge in [-0.05, 0) is 53.6 Å². The second kappa shape index (κ2) is 7.54. The van der Waals surface area contributed by atoms with Crippen molar-refractivity contribution in [1.29, 1.82) is 0 Å². The predicted molar refractivity (Wildman–Crippen MR) is 85.6 cm³/mol. The molecule has 0 aliphatic carbocycles. The molecule has 0 N–H and O–H groups in total. The Morgan fingerprint density at radius 3 is 2.33 bits per heavy atom. The van der Waals surface area contributed by atoms with E-state index in [4.69, 9.17) is 4.74 Å². The molecule has 9 heteroatoms. The van der Waals surface area contributed by atoms with Gasteiger partial charge in [0.05, 0.1) is 11.5 Å². The maximum atomic E-state index is 12.8. The number of nitrogens with zero attached hydrogens (tertiary/aromatic N) is 1. The highest BCUT2D eigenvalue weighted by Crippen LogP contribution is 2.26. The van der Waals surface area contributed by atoms with Gasteiger partial charge in [0.1, 0.15) is 12.3 Å². The van der Waals surface area contributed by atoms with E-state index in [1.54, 1.807) is 23.8 Å². The fraction of sp³-hybridized carbons (Fsp3) is 0.333. The summed E-state index contributed by atoms with van der Waals surface area (Å²) < 4.78 is 69.3. The van der Waals surface area contributed by atoms with Gasteiger partial charge in [0.25, 0.3) is 0 Å². The predicted octanol–water partition coefficient (Wildman–Crippen LogP) is 3.90.